The van der Waals surface area contributed by atoms with Crippen molar-refractivity contribution in [2.45, 2.75) is 58.5 Å². The smallest absolute Gasteiger partial charge is 0.240 e. The molecule has 1 rings (SSSR count). The summed E-state index contributed by atoms with van der Waals surface area (Å²) in [4.78, 5) is 35.2. The SMILES string of the molecule is CC(C)(C)CC[C@H](N)C(=O)N[C@@H](C[C@@H]1CCNC1=O)C(N)=O. The lowest BCUT2D eigenvalue weighted by atomic mass is 9.88. The van der Waals surface area contributed by atoms with Gasteiger partial charge in [0.2, 0.25) is 17.7 Å². The fourth-order valence-corrected chi connectivity index (χ4v) is 2.40. The molecule has 7 heteroatoms. The second-order valence-corrected chi connectivity index (χ2v) is 7.18. The first-order valence-electron chi connectivity index (χ1n) is 7.73. The third-order valence-electron chi connectivity index (χ3n) is 3.89. The lowest BCUT2D eigenvalue weighted by Gasteiger charge is -2.23. The van der Waals surface area contributed by atoms with E-state index in [1.807, 2.05) is 0 Å². The van der Waals surface area contributed by atoms with Crippen molar-refractivity contribution >= 4 is 17.7 Å². The van der Waals surface area contributed by atoms with Gasteiger partial charge in [0.1, 0.15) is 6.04 Å². The molecule has 22 heavy (non-hydrogen) atoms. The summed E-state index contributed by atoms with van der Waals surface area (Å²) in [7, 11) is 0. The fraction of sp³-hybridized carbons (Fsp3) is 0.800. The number of hydrogen-bond donors (Lipinski definition) is 4. The fourth-order valence-electron chi connectivity index (χ4n) is 2.40. The summed E-state index contributed by atoms with van der Waals surface area (Å²) in [6.07, 6.45) is 2.20. The molecule has 0 aromatic carbocycles. The summed E-state index contributed by atoms with van der Waals surface area (Å²) in [5.41, 5.74) is 11.3. The normalized spacial score (nSPS) is 21.1. The van der Waals surface area contributed by atoms with E-state index in [1.54, 1.807) is 0 Å². The van der Waals surface area contributed by atoms with E-state index in [-0.39, 0.29) is 23.7 Å². The molecule has 0 saturated carbocycles. The monoisotopic (exact) mass is 312 g/mol. The third-order valence-corrected chi connectivity index (χ3v) is 3.89. The first kappa shape index (κ1) is 18.4. The first-order chi connectivity index (χ1) is 10.1. The van der Waals surface area contributed by atoms with Crippen molar-refractivity contribution in [3.63, 3.8) is 0 Å². The number of nitrogens with one attached hydrogen (secondary N) is 2. The Bertz CT molecular complexity index is 431. The van der Waals surface area contributed by atoms with E-state index in [0.717, 1.165) is 6.42 Å². The number of rotatable bonds is 7. The maximum absolute atomic E-state index is 12.1. The second kappa shape index (κ2) is 7.58. The van der Waals surface area contributed by atoms with Crippen molar-refractivity contribution < 1.29 is 14.4 Å². The van der Waals surface area contributed by atoms with E-state index in [9.17, 15) is 14.4 Å². The first-order valence-corrected chi connectivity index (χ1v) is 7.73. The molecule has 1 aliphatic heterocycles. The minimum absolute atomic E-state index is 0.0862. The van der Waals surface area contributed by atoms with Gasteiger partial charge in [0.15, 0.2) is 0 Å². The molecule has 0 aliphatic carbocycles. The van der Waals surface area contributed by atoms with Crippen molar-refractivity contribution in [1.29, 1.82) is 0 Å². The zero-order valence-electron chi connectivity index (χ0n) is 13.6. The van der Waals surface area contributed by atoms with Gasteiger partial charge in [0.25, 0.3) is 0 Å². The van der Waals surface area contributed by atoms with Gasteiger partial charge in [-0.1, -0.05) is 20.8 Å². The van der Waals surface area contributed by atoms with Gasteiger partial charge >= 0.3 is 0 Å². The highest BCUT2D eigenvalue weighted by molar-refractivity contribution is 5.89. The quantitative estimate of drug-likeness (QED) is 0.511. The molecule has 1 fully saturated rings. The van der Waals surface area contributed by atoms with Crippen molar-refractivity contribution in [2.24, 2.45) is 22.8 Å². The van der Waals surface area contributed by atoms with Gasteiger partial charge in [-0.2, -0.15) is 0 Å². The van der Waals surface area contributed by atoms with Crippen molar-refractivity contribution in [2.75, 3.05) is 6.54 Å². The Morgan fingerprint density at radius 2 is 2.05 bits per heavy atom. The molecule has 1 heterocycles. The molecule has 0 aromatic rings. The Kier molecular flexibility index (Phi) is 6.34. The Balaban J connectivity index is 2.53. The molecule has 6 N–H and O–H groups in total. The van der Waals surface area contributed by atoms with E-state index < -0.39 is 23.9 Å². The predicted molar refractivity (Wildman–Crippen MR) is 83.5 cm³/mol. The van der Waals surface area contributed by atoms with Gasteiger partial charge in [0.05, 0.1) is 6.04 Å². The molecule has 1 saturated heterocycles. The third kappa shape index (κ3) is 6.01. The van der Waals surface area contributed by atoms with E-state index >= 15 is 0 Å². The van der Waals surface area contributed by atoms with Crippen LogP contribution in [-0.4, -0.2) is 36.3 Å². The predicted octanol–water partition coefficient (Wildman–Crippen LogP) is -0.364. The van der Waals surface area contributed by atoms with Crippen LogP contribution >= 0.6 is 0 Å². The van der Waals surface area contributed by atoms with Crippen molar-refractivity contribution in [1.82, 2.24) is 10.6 Å². The number of amides is 3. The standard InChI is InChI=1S/C15H28N4O3/c1-15(2,3)6-4-10(16)14(22)19-11(12(17)20)8-9-5-7-18-13(9)21/h9-11H,4-8,16H2,1-3H3,(H2,17,20)(H,18,21)(H,19,22)/t9-,10-,11-/m0/s1. The average Bonchev–Trinajstić information content (AvgIpc) is 2.79. The molecule has 0 spiro atoms. The van der Waals surface area contributed by atoms with Crippen LogP contribution in [0.5, 0.6) is 0 Å². The molecular formula is C15H28N4O3. The molecule has 1 aliphatic rings. The van der Waals surface area contributed by atoms with E-state index in [2.05, 4.69) is 31.4 Å². The molecule has 126 valence electrons. The summed E-state index contributed by atoms with van der Waals surface area (Å²) in [5.74, 6) is -1.43. The minimum atomic E-state index is -0.859. The summed E-state index contributed by atoms with van der Waals surface area (Å²) in [6, 6.07) is -1.54. The zero-order valence-corrected chi connectivity index (χ0v) is 13.6. The number of primary amides is 1. The number of hydrogen-bond acceptors (Lipinski definition) is 4. The van der Waals surface area contributed by atoms with E-state index in [4.69, 9.17) is 11.5 Å². The average molecular weight is 312 g/mol. The van der Waals surface area contributed by atoms with Crippen LogP contribution in [0, 0.1) is 11.3 Å². The largest absolute Gasteiger partial charge is 0.368 e. The maximum atomic E-state index is 12.1. The van der Waals surface area contributed by atoms with Crippen LogP contribution in [0.15, 0.2) is 0 Å². The number of nitrogens with two attached hydrogens (primary N) is 2. The summed E-state index contributed by atoms with van der Waals surface area (Å²) < 4.78 is 0. The molecule has 3 amide bonds. The Hall–Kier alpha value is -1.63. The van der Waals surface area contributed by atoms with Crippen LogP contribution in [0.3, 0.4) is 0 Å². The van der Waals surface area contributed by atoms with Gasteiger partial charge in [-0.25, -0.2) is 0 Å². The minimum Gasteiger partial charge on any atom is -0.368 e. The highest BCUT2D eigenvalue weighted by Gasteiger charge is 2.31. The Morgan fingerprint density at radius 1 is 1.41 bits per heavy atom. The number of carbonyl (C=O) groups is 3. The summed E-state index contributed by atoms with van der Waals surface area (Å²) >= 11 is 0. The molecule has 0 bridgehead atoms. The van der Waals surface area contributed by atoms with Crippen molar-refractivity contribution in [3.8, 4) is 0 Å². The zero-order chi connectivity index (χ0) is 16.9. The summed E-state index contributed by atoms with van der Waals surface area (Å²) in [6.45, 7) is 6.81. The highest BCUT2D eigenvalue weighted by atomic mass is 16.2. The molecule has 0 aromatic heterocycles. The van der Waals surface area contributed by atoms with Gasteiger partial charge < -0.3 is 22.1 Å². The van der Waals surface area contributed by atoms with Crippen molar-refractivity contribution in [3.05, 3.63) is 0 Å². The van der Waals surface area contributed by atoms with Crippen LogP contribution in [0.25, 0.3) is 0 Å². The lowest BCUT2D eigenvalue weighted by molar-refractivity contribution is -0.129. The lowest BCUT2D eigenvalue weighted by Crippen LogP contribution is -2.51. The van der Waals surface area contributed by atoms with Gasteiger partial charge in [-0.15, -0.1) is 0 Å². The maximum Gasteiger partial charge on any atom is 0.240 e. The van der Waals surface area contributed by atoms with Gasteiger partial charge in [0, 0.05) is 12.5 Å². The molecule has 3 atom stereocenters. The van der Waals surface area contributed by atoms with Crippen LogP contribution in [0.1, 0.15) is 46.5 Å². The van der Waals surface area contributed by atoms with Gasteiger partial charge in [-0.05, 0) is 31.1 Å². The van der Waals surface area contributed by atoms with Crippen LogP contribution in [0.4, 0.5) is 0 Å². The van der Waals surface area contributed by atoms with Crippen LogP contribution in [-0.2, 0) is 14.4 Å². The Morgan fingerprint density at radius 3 is 2.50 bits per heavy atom. The second-order valence-electron chi connectivity index (χ2n) is 7.18. The summed E-state index contributed by atoms with van der Waals surface area (Å²) in [5, 5.41) is 5.28. The van der Waals surface area contributed by atoms with Crippen LogP contribution < -0.4 is 22.1 Å². The molecule has 0 unspecified atom stereocenters. The van der Waals surface area contributed by atoms with E-state index in [1.165, 1.54) is 0 Å². The topological polar surface area (TPSA) is 127 Å². The molecular weight excluding hydrogens is 284 g/mol. The Labute approximate surface area is 131 Å². The highest BCUT2D eigenvalue weighted by Crippen LogP contribution is 2.21. The molecule has 7 nitrogen and oxygen atoms in total. The molecule has 0 radical (unpaired) electrons. The van der Waals surface area contributed by atoms with Crippen LogP contribution in [0.2, 0.25) is 0 Å². The van der Waals surface area contributed by atoms with E-state index in [0.29, 0.717) is 19.4 Å². The number of carbonyl (C=O) groups excluding carboxylic acids is 3. The van der Waals surface area contributed by atoms with Gasteiger partial charge in [-0.3, -0.25) is 14.4 Å².